The summed E-state index contributed by atoms with van der Waals surface area (Å²) in [5, 5.41) is 10.0. The molecule has 0 amide bonds. The average molecular weight is 282 g/mol. The number of anilines is 1. The molecule has 2 nitrogen and oxygen atoms in total. The molecule has 0 unspecified atom stereocenters. The first-order valence-electron chi connectivity index (χ1n) is 8.09. The van der Waals surface area contributed by atoms with Gasteiger partial charge in [-0.15, -0.1) is 0 Å². The van der Waals surface area contributed by atoms with Crippen LogP contribution in [0.5, 0.6) is 0 Å². The standard InChI is InChI=1S/C19H26N2/c1-3-5-13-21(14-6-4-2)19-12-11-16(15-20)17-9-7-8-10-18(17)19/h7-12,15,20H,3-6,13-14H2,1-2H3. The molecule has 0 fully saturated rings. The maximum atomic E-state index is 7.59. The average Bonchev–Trinajstić information content (AvgIpc) is 2.54. The van der Waals surface area contributed by atoms with Gasteiger partial charge in [-0.1, -0.05) is 57.0 Å². The zero-order chi connectivity index (χ0) is 15.1. The van der Waals surface area contributed by atoms with Gasteiger partial charge < -0.3 is 10.3 Å². The molecule has 0 radical (unpaired) electrons. The minimum atomic E-state index is 1.00. The zero-order valence-corrected chi connectivity index (χ0v) is 13.2. The third-order valence-corrected chi connectivity index (χ3v) is 3.99. The Balaban J connectivity index is 2.44. The highest BCUT2D eigenvalue weighted by Crippen LogP contribution is 2.29. The first kappa shape index (κ1) is 15.6. The number of nitrogens with zero attached hydrogens (tertiary/aromatic N) is 1. The van der Waals surface area contributed by atoms with Crippen LogP contribution in [-0.2, 0) is 0 Å². The lowest BCUT2D eigenvalue weighted by Crippen LogP contribution is -2.25. The topological polar surface area (TPSA) is 27.1 Å². The lowest BCUT2D eigenvalue weighted by molar-refractivity contribution is 0.679. The Morgan fingerprint density at radius 3 is 2.10 bits per heavy atom. The van der Waals surface area contributed by atoms with Gasteiger partial charge in [-0.2, -0.15) is 0 Å². The maximum absolute atomic E-state index is 7.59. The van der Waals surface area contributed by atoms with Crippen molar-refractivity contribution in [1.29, 1.82) is 5.41 Å². The van der Waals surface area contributed by atoms with Gasteiger partial charge in [0, 0.05) is 30.4 Å². The van der Waals surface area contributed by atoms with Gasteiger partial charge in [-0.05, 0) is 29.9 Å². The number of hydrogen-bond donors (Lipinski definition) is 1. The highest BCUT2D eigenvalue weighted by atomic mass is 15.1. The molecule has 0 heterocycles. The molecule has 0 saturated carbocycles. The Hall–Kier alpha value is -1.83. The summed E-state index contributed by atoms with van der Waals surface area (Å²) in [7, 11) is 0. The van der Waals surface area contributed by atoms with Gasteiger partial charge in [0.05, 0.1) is 0 Å². The molecule has 2 aromatic rings. The zero-order valence-electron chi connectivity index (χ0n) is 13.2. The van der Waals surface area contributed by atoms with Gasteiger partial charge in [0.1, 0.15) is 0 Å². The van der Waals surface area contributed by atoms with Gasteiger partial charge in [0.15, 0.2) is 0 Å². The summed E-state index contributed by atoms with van der Waals surface area (Å²) in [6.45, 7) is 6.72. The molecule has 0 aliphatic heterocycles. The van der Waals surface area contributed by atoms with Crippen molar-refractivity contribution < 1.29 is 0 Å². The number of hydrogen-bond acceptors (Lipinski definition) is 2. The van der Waals surface area contributed by atoms with Crippen LogP contribution in [0.4, 0.5) is 5.69 Å². The molecular weight excluding hydrogens is 256 g/mol. The number of nitrogens with one attached hydrogen (secondary N) is 1. The fraction of sp³-hybridized carbons (Fsp3) is 0.421. The second kappa shape index (κ2) is 7.82. The molecule has 0 atom stereocenters. The molecule has 112 valence electrons. The van der Waals surface area contributed by atoms with Crippen LogP contribution in [-0.4, -0.2) is 19.3 Å². The van der Waals surface area contributed by atoms with E-state index in [4.69, 9.17) is 5.41 Å². The Morgan fingerprint density at radius 1 is 0.905 bits per heavy atom. The molecule has 2 heteroatoms. The Kier molecular flexibility index (Phi) is 5.79. The molecule has 2 rings (SSSR count). The first-order chi connectivity index (χ1) is 10.3. The molecule has 0 aliphatic carbocycles. The SMILES string of the molecule is CCCCN(CCCC)c1ccc(C=N)c2ccccc12. The van der Waals surface area contributed by atoms with Crippen LogP contribution in [0.3, 0.4) is 0 Å². The quantitative estimate of drug-likeness (QED) is 0.658. The first-order valence-corrected chi connectivity index (χ1v) is 8.09. The van der Waals surface area contributed by atoms with E-state index in [-0.39, 0.29) is 0 Å². The van der Waals surface area contributed by atoms with E-state index in [2.05, 4.69) is 55.1 Å². The number of fused-ring (bicyclic) bond motifs is 1. The predicted octanol–water partition coefficient (Wildman–Crippen LogP) is 5.24. The predicted molar refractivity (Wildman–Crippen MR) is 93.9 cm³/mol. The van der Waals surface area contributed by atoms with E-state index in [9.17, 15) is 0 Å². The molecule has 0 aliphatic rings. The monoisotopic (exact) mass is 282 g/mol. The van der Waals surface area contributed by atoms with Crippen LogP contribution in [0.1, 0.15) is 45.1 Å². The van der Waals surface area contributed by atoms with E-state index < -0.39 is 0 Å². The van der Waals surface area contributed by atoms with E-state index >= 15 is 0 Å². The lowest BCUT2D eigenvalue weighted by atomic mass is 10.0. The summed E-state index contributed by atoms with van der Waals surface area (Å²) in [4.78, 5) is 2.52. The lowest BCUT2D eigenvalue weighted by Gasteiger charge is -2.26. The van der Waals surface area contributed by atoms with E-state index in [0.717, 1.165) is 18.7 Å². The number of benzene rings is 2. The molecule has 2 aromatic carbocycles. The van der Waals surface area contributed by atoms with Crippen LogP contribution >= 0.6 is 0 Å². The minimum absolute atomic E-state index is 1.00. The summed E-state index contributed by atoms with van der Waals surface area (Å²) in [5.74, 6) is 0. The molecule has 0 spiro atoms. The van der Waals surface area contributed by atoms with Gasteiger partial charge in [0.2, 0.25) is 0 Å². The molecular formula is C19H26N2. The van der Waals surface area contributed by atoms with Crippen molar-refractivity contribution >= 4 is 22.7 Å². The second-order valence-corrected chi connectivity index (χ2v) is 5.56. The maximum Gasteiger partial charge on any atom is 0.0446 e. The third-order valence-electron chi connectivity index (χ3n) is 3.99. The summed E-state index contributed by atoms with van der Waals surface area (Å²) in [6, 6.07) is 12.7. The van der Waals surface area contributed by atoms with Gasteiger partial charge >= 0.3 is 0 Å². The Morgan fingerprint density at radius 2 is 1.52 bits per heavy atom. The van der Waals surface area contributed by atoms with Gasteiger partial charge in [-0.25, -0.2) is 0 Å². The highest BCUT2D eigenvalue weighted by molar-refractivity contribution is 6.04. The van der Waals surface area contributed by atoms with E-state index in [0.29, 0.717) is 0 Å². The van der Waals surface area contributed by atoms with Crippen LogP contribution in [0.15, 0.2) is 36.4 Å². The number of rotatable bonds is 8. The second-order valence-electron chi connectivity index (χ2n) is 5.56. The highest BCUT2D eigenvalue weighted by Gasteiger charge is 2.11. The Bertz CT molecular complexity index is 581. The summed E-state index contributed by atoms with van der Waals surface area (Å²) in [5.41, 5.74) is 2.32. The van der Waals surface area contributed by atoms with Crippen LogP contribution in [0.2, 0.25) is 0 Å². The van der Waals surface area contributed by atoms with Crippen molar-refractivity contribution in [3.63, 3.8) is 0 Å². The molecule has 1 N–H and O–H groups in total. The molecule has 0 bridgehead atoms. The van der Waals surface area contributed by atoms with Gasteiger partial charge in [-0.3, -0.25) is 0 Å². The van der Waals surface area contributed by atoms with Crippen LogP contribution in [0, 0.1) is 5.41 Å². The summed E-state index contributed by atoms with van der Waals surface area (Å²) < 4.78 is 0. The van der Waals surface area contributed by atoms with Crippen molar-refractivity contribution in [1.82, 2.24) is 0 Å². The van der Waals surface area contributed by atoms with Gasteiger partial charge in [0.25, 0.3) is 0 Å². The normalized spacial score (nSPS) is 10.8. The molecule has 0 saturated heterocycles. The molecule has 0 aromatic heterocycles. The number of unbranched alkanes of at least 4 members (excludes halogenated alkanes) is 2. The third kappa shape index (κ3) is 3.63. The summed E-state index contributed by atoms with van der Waals surface area (Å²) >= 11 is 0. The summed E-state index contributed by atoms with van der Waals surface area (Å²) in [6.07, 6.45) is 6.35. The van der Waals surface area contributed by atoms with E-state index in [1.807, 2.05) is 0 Å². The largest absolute Gasteiger partial charge is 0.371 e. The van der Waals surface area contributed by atoms with Crippen molar-refractivity contribution in [3.05, 3.63) is 42.0 Å². The van der Waals surface area contributed by atoms with Crippen LogP contribution in [0.25, 0.3) is 10.8 Å². The minimum Gasteiger partial charge on any atom is -0.371 e. The van der Waals surface area contributed by atoms with Crippen LogP contribution < -0.4 is 4.90 Å². The molecule has 21 heavy (non-hydrogen) atoms. The van der Waals surface area contributed by atoms with E-state index in [1.54, 1.807) is 0 Å². The smallest absolute Gasteiger partial charge is 0.0446 e. The van der Waals surface area contributed by atoms with Crippen molar-refractivity contribution in [3.8, 4) is 0 Å². The van der Waals surface area contributed by atoms with Crippen molar-refractivity contribution in [2.45, 2.75) is 39.5 Å². The van der Waals surface area contributed by atoms with E-state index in [1.165, 1.54) is 48.4 Å². The Labute approximate surface area is 128 Å². The van der Waals surface area contributed by atoms with Crippen molar-refractivity contribution in [2.75, 3.05) is 18.0 Å². The fourth-order valence-corrected chi connectivity index (χ4v) is 2.76. The fourth-order valence-electron chi connectivity index (χ4n) is 2.76. The van der Waals surface area contributed by atoms with Crippen molar-refractivity contribution in [2.24, 2.45) is 0 Å².